The molecular weight excluding hydrogens is 362 g/mol. The van der Waals surface area contributed by atoms with Crippen LogP contribution >= 0.6 is 0 Å². The molecule has 146 valence electrons. The van der Waals surface area contributed by atoms with Crippen LogP contribution in [0.25, 0.3) is 0 Å². The third kappa shape index (κ3) is 4.14. The summed E-state index contributed by atoms with van der Waals surface area (Å²) in [7, 11) is 2.78. The number of fused-ring (bicyclic) bond motifs is 1. The van der Waals surface area contributed by atoms with E-state index in [4.69, 9.17) is 14.2 Å². The third-order valence-electron chi connectivity index (χ3n) is 4.67. The van der Waals surface area contributed by atoms with Gasteiger partial charge in [-0.05, 0) is 29.3 Å². The molecule has 1 atom stereocenters. The Morgan fingerprint density at radius 1 is 1.04 bits per heavy atom. The molecular formula is C21H21NO6. The minimum Gasteiger partial charge on any atom is -0.497 e. The first-order valence-electron chi connectivity index (χ1n) is 8.78. The van der Waals surface area contributed by atoms with Crippen molar-refractivity contribution in [3.8, 4) is 5.75 Å². The first-order valence-corrected chi connectivity index (χ1v) is 8.78. The molecule has 2 aromatic carbocycles. The zero-order valence-electron chi connectivity index (χ0n) is 15.7. The normalized spacial score (nSPS) is 15.4. The van der Waals surface area contributed by atoms with E-state index in [2.05, 4.69) is 0 Å². The Hall–Kier alpha value is -3.35. The lowest BCUT2D eigenvalue weighted by molar-refractivity contribution is -0.155. The number of esters is 2. The van der Waals surface area contributed by atoms with Gasteiger partial charge in [0.2, 0.25) is 0 Å². The molecule has 28 heavy (non-hydrogen) atoms. The molecule has 7 nitrogen and oxygen atoms in total. The topological polar surface area (TPSA) is 82.1 Å². The first-order chi connectivity index (χ1) is 13.5. The van der Waals surface area contributed by atoms with Crippen LogP contribution in [0.15, 0.2) is 48.5 Å². The molecule has 0 saturated carbocycles. The average Bonchev–Trinajstić information content (AvgIpc) is 2.75. The molecule has 0 aromatic heterocycles. The van der Waals surface area contributed by atoms with Crippen LogP contribution in [0.5, 0.6) is 5.75 Å². The second-order valence-corrected chi connectivity index (χ2v) is 6.34. The number of hydrogen-bond donors (Lipinski definition) is 0. The number of carbonyl (C=O) groups is 3. The van der Waals surface area contributed by atoms with E-state index in [-0.39, 0.29) is 12.1 Å². The minimum atomic E-state index is -0.747. The molecule has 2 aromatic rings. The standard InChI is InChI=1S/C21H21NO6/c1-26-17-9-5-8-15(10-17)20(24)28-13-19(23)22-12-16-7-4-3-6-14(16)11-18(22)21(25)27-2/h3-10,18H,11-13H2,1-2H3/t18-/m0/s1. The summed E-state index contributed by atoms with van der Waals surface area (Å²) in [6.07, 6.45) is 0.360. The van der Waals surface area contributed by atoms with Gasteiger partial charge in [0, 0.05) is 13.0 Å². The third-order valence-corrected chi connectivity index (χ3v) is 4.67. The van der Waals surface area contributed by atoms with Crippen LogP contribution in [0.1, 0.15) is 21.5 Å². The van der Waals surface area contributed by atoms with Gasteiger partial charge in [-0.3, -0.25) is 4.79 Å². The van der Waals surface area contributed by atoms with E-state index in [0.29, 0.717) is 12.2 Å². The Balaban J connectivity index is 1.71. The molecule has 1 aliphatic rings. The molecule has 1 aliphatic heterocycles. The van der Waals surface area contributed by atoms with Gasteiger partial charge in [-0.1, -0.05) is 30.3 Å². The van der Waals surface area contributed by atoms with E-state index in [1.54, 1.807) is 18.2 Å². The number of amides is 1. The van der Waals surface area contributed by atoms with E-state index >= 15 is 0 Å². The van der Waals surface area contributed by atoms with Crippen LogP contribution in [-0.4, -0.2) is 49.6 Å². The number of carbonyl (C=O) groups excluding carboxylic acids is 3. The van der Waals surface area contributed by atoms with Crippen molar-refractivity contribution in [1.29, 1.82) is 0 Å². The predicted octanol–water partition coefficient (Wildman–Crippen LogP) is 1.98. The van der Waals surface area contributed by atoms with E-state index in [1.165, 1.54) is 25.2 Å². The molecule has 0 N–H and O–H groups in total. The summed E-state index contributed by atoms with van der Waals surface area (Å²) in [5.41, 5.74) is 2.23. The van der Waals surface area contributed by atoms with Gasteiger partial charge in [0.05, 0.1) is 19.8 Å². The van der Waals surface area contributed by atoms with Crippen molar-refractivity contribution in [3.63, 3.8) is 0 Å². The molecule has 1 heterocycles. The van der Waals surface area contributed by atoms with Crippen LogP contribution < -0.4 is 4.74 Å². The van der Waals surface area contributed by atoms with Gasteiger partial charge in [-0.25, -0.2) is 9.59 Å². The van der Waals surface area contributed by atoms with Crippen molar-refractivity contribution >= 4 is 17.8 Å². The van der Waals surface area contributed by atoms with Gasteiger partial charge in [0.1, 0.15) is 11.8 Å². The summed E-state index contributed by atoms with van der Waals surface area (Å²) in [5.74, 6) is -1.08. The van der Waals surface area contributed by atoms with Crippen LogP contribution in [0.3, 0.4) is 0 Å². The Bertz CT molecular complexity index is 894. The van der Waals surface area contributed by atoms with Crippen molar-refractivity contribution in [2.45, 2.75) is 19.0 Å². The van der Waals surface area contributed by atoms with Crippen molar-refractivity contribution in [1.82, 2.24) is 4.90 Å². The maximum atomic E-state index is 12.7. The fourth-order valence-electron chi connectivity index (χ4n) is 3.18. The van der Waals surface area contributed by atoms with Gasteiger partial charge in [0.15, 0.2) is 6.61 Å². The number of hydrogen-bond acceptors (Lipinski definition) is 6. The van der Waals surface area contributed by atoms with Gasteiger partial charge < -0.3 is 19.1 Å². The molecule has 0 bridgehead atoms. The SMILES string of the molecule is COC(=O)[C@@H]1Cc2ccccc2CN1C(=O)COC(=O)c1cccc(OC)c1. The summed E-state index contributed by atoms with van der Waals surface area (Å²) in [6.45, 7) is -0.211. The molecule has 0 saturated heterocycles. The summed E-state index contributed by atoms with van der Waals surface area (Å²) in [6, 6.07) is 13.3. The Labute approximate surface area is 162 Å². The molecule has 0 aliphatic carbocycles. The molecule has 0 spiro atoms. The quantitative estimate of drug-likeness (QED) is 0.735. The van der Waals surface area contributed by atoms with Crippen molar-refractivity contribution < 1.29 is 28.6 Å². The maximum absolute atomic E-state index is 12.7. The van der Waals surface area contributed by atoms with Crippen molar-refractivity contribution in [2.75, 3.05) is 20.8 Å². The second-order valence-electron chi connectivity index (χ2n) is 6.34. The monoisotopic (exact) mass is 383 g/mol. The highest BCUT2D eigenvalue weighted by molar-refractivity contribution is 5.92. The van der Waals surface area contributed by atoms with Crippen LogP contribution in [0, 0.1) is 0 Å². The highest BCUT2D eigenvalue weighted by atomic mass is 16.5. The van der Waals surface area contributed by atoms with Crippen LogP contribution in [0.4, 0.5) is 0 Å². The van der Waals surface area contributed by atoms with Crippen LogP contribution in [-0.2, 0) is 32.0 Å². The number of nitrogens with zero attached hydrogens (tertiary/aromatic N) is 1. The molecule has 1 amide bonds. The molecule has 7 heteroatoms. The molecule has 0 unspecified atom stereocenters. The molecule has 0 radical (unpaired) electrons. The van der Waals surface area contributed by atoms with Crippen molar-refractivity contribution in [2.24, 2.45) is 0 Å². The summed E-state index contributed by atoms with van der Waals surface area (Å²) in [4.78, 5) is 38.5. The van der Waals surface area contributed by atoms with E-state index in [0.717, 1.165) is 11.1 Å². The van der Waals surface area contributed by atoms with Gasteiger partial charge in [0.25, 0.3) is 5.91 Å². The Kier molecular flexibility index (Phi) is 5.93. The van der Waals surface area contributed by atoms with Crippen molar-refractivity contribution in [3.05, 3.63) is 65.2 Å². The van der Waals surface area contributed by atoms with E-state index < -0.39 is 30.5 Å². The largest absolute Gasteiger partial charge is 0.497 e. The maximum Gasteiger partial charge on any atom is 0.338 e. The van der Waals surface area contributed by atoms with Gasteiger partial charge in [-0.2, -0.15) is 0 Å². The Morgan fingerprint density at radius 2 is 1.79 bits per heavy atom. The highest BCUT2D eigenvalue weighted by Crippen LogP contribution is 2.24. The van der Waals surface area contributed by atoms with Gasteiger partial charge >= 0.3 is 11.9 Å². The van der Waals surface area contributed by atoms with E-state index in [9.17, 15) is 14.4 Å². The number of benzene rings is 2. The highest BCUT2D eigenvalue weighted by Gasteiger charge is 2.35. The number of rotatable bonds is 5. The summed E-state index contributed by atoms with van der Waals surface area (Å²) >= 11 is 0. The summed E-state index contributed by atoms with van der Waals surface area (Å²) < 4.78 is 15.1. The zero-order chi connectivity index (χ0) is 20.1. The second kappa shape index (κ2) is 8.56. The zero-order valence-corrected chi connectivity index (χ0v) is 15.7. The summed E-state index contributed by atoms with van der Waals surface area (Å²) in [5, 5.41) is 0. The molecule has 0 fully saturated rings. The molecule has 3 rings (SSSR count). The average molecular weight is 383 g/mol. The first kappa shape index (κ1) is 19.4. The van der Waals surface area contributed by atoms with Crippen LogP contribution in [0.2, 0.25) is 0 Å². The Morgan fingerprint density at radius 3 is 2.50 bits per heavy atom. The van der Waals surface area contributed by atoms with E-state index in [1.807, 2.05) is 24.3 Å². The predicted molar refractivity (Wildman–Crippen MR) is 99.8 cm³/mol. The van der Waals surface area contributed by atoms with Gasteiger partial charge in [-0.15, -0.1) is 0 Å². The number of ether oxygens (including phenoxy) is 3. The fourth-order valence-corrected chi connectivity index (χ4v) is 3.18. The lowest BCUT2D eigenvalue weighted by Gasteiger charge is -2.35. The minimum absolute atomic E-state index is 0.255. The lowest BCUT2D eigenvalue weighted by Crippen LogP contribution is -2.50. The lowest BCUT2D eigenvalue weighted by atomic mass is 9.94. The fraction of sp³-hybridized carbons (Fsp3) is 0.286. The number of methoxy groups -OCH3 is 2. The smallest absolute Gasteiger partial charge is 0.338 e.